The Morgan fingerprint density at radius 3 is 2.62 bits per heavy atom. The van der Waals surface area contributed by atoms with Gasteiger partial charge in [0, 0.05) is 35.1 Å². The van der Waals surface area contributed by atoms with Crippen molar-refractivity contribution in [3.05, 3.63) is 100 Å². The largest absolute Gasteiger partial charge is 0.472 e. The molecule has 5 aromatic rings. The Labute approximate surface area is 221 Å². The van der Waals surface area contributed by atoms with Crippen LogP contribution >= 0.6 is 11.3 Å². The van der Waals surface area contributed by atoms with Gasteiger partial charge in [-0.15, -0.1) is 11.3 Å². The van der Waals surface area contributed by atoms with Crippen molar-refractivity contribution >= 4 is 33.6 Å². The van der Waals surface area contributed by atoms with E-state index in [2.05, 4.69) is 63.0 Å². The Kier molecular flexibility index (Phi) is 6.72. The van der Waals surface area contributed by atoms with Crippen LogP contribution in [-0.2, 0) is 13.0 Å². The lowest BCUT2D eigenvalue weighted by Crippen LogP contribution is -2.28. The van der Waals surface area contributed by atoms with Gasteiger partial charge in [-0.25, -0.2) is 0 Å². The summed E-state index contributed by atoms with van der Waals surface area (Å²) in [7, 11) is 0. The van der Waals surface area contributed by atoms with E-state index in [4.69, 9.17) is 4.42 Å². The number of nitriles is 1. The third kappa shape index (κ3) is 5.29. The normalized spacial score (nSPS) is 14.0. The summed E-state index contributed by atoms with van der Waals surface area (Å²) in [6.07, 6.45) is 9.94. The molecule has 0 amide bonds. The fourth-order valence-electron chi connectivity index (χ4n) is 5.02. The van der Waals surface area contributed by atoms with Crippen molar-refractivity contribution in [3.63, 3.8) is 0 Å². The number of furan rings is 1. The second-order valence-electron chi connectivity index (χ2n) is 9.66. The number of piperidine rings is 1. The predicted molar refractivity (Wildman–Crippen MR) is 150 cm³/mol. The van der Waals surface area contributed by atoms with Gasteiger partial charge in [-0.05, 0) is 83.9 Å². The second-order valence-corrected chi connectivity index (χ2v) is 10.7. The summed E-state index contributed by atoms with van der Waals surface area (Å²) in [5.41, 5.74) is 7.86. The first-order chi connectivity index (χ1) is 18.2. The molecule has 2 aromatic carbocycles. The summed E-state index contributed by atoms with van der Waals surface area (Å²) in [4.78, 5) is 8.59. The Bertz CT molecular complexity index is 1540. The molecule has 1 fully saturated rings. The SMILES string of the molecule is N#Cc1cnc2cc(-c3csc(CN4CCCCC4)c3)ccc2c1Nc1ccc(Cc2ccoc2)cc1. The first-order valence-corrected chi connectivity index (χ1v) is 13.6. The highest BCUT2D eigenvalue weighted by molar-refractivity contribution is 7.10. The van der Waals surface area contributed by atoms with E-state index < -0.39 is 0 Å². The van der Waals surface area contributed by atoms with Crippen LogP contribution in [0.3, 0.4) is 0 Å². The third-order valence-corrected chi connectivity index (χ3v) is 7.94. The number of pyridine rings is 1. The van der Waals surface area contributed by atoms with Gasteiger partial charge < -0.3 is 9.73 Å². The summed E-state index contributed by atoms with van der Waals surface area (Å²) in [5, 5.41) is 16.4. The number of hydrogen-bond acceptors (Lipinski definition) is 6. The van der Waals surface area contributed by atoms with E-state index in [9.17, 15) is 5.26 Å². The molecule has 0 bridgehead atoms. The Balaban J connectivity index is 1.24. The van der Waals surface area contributed by atoms with E-state index in [1.807, 2.05) is 29.5 Å². The van der Waals surface area contributed by atoms with Gasteiger partial charge in [0.05, 0.1) is 29.3 Å². The molecule has 3 aromatic heterocycles. The molecule has 0 aliphatic carbocycles. The summed E-state index contributed by atoms with van der Waals surface area (Å²) in [6, 6.07) is 21.2. The van der Waals surface area contributed by atoms with Gasteiger partial charge in [-0.2, -0.15) is 5.26 Å². The average Bonchev–Trinajstić information content (AvgIpc) is 3.63. The van der Waals surface area contributed by atoms with Crippen LogP contribution in [0, 0.1) is 11.3 Å². The number of benzene rings is 2. The number of hydrogen-bond donors (Lipinski definition) is 1. The van der Waals surface area contributed by atoms with Crippen LogP contribution in [0.2, 0.25) is 0 Å². The van der Waals surface area contributed by atoms with E-state index >= 15 is 0 Å². The van der Waals surface area contributed by atoms with Crippen LogP contribution in [-0.4, -0.2) is 23.0 Å². The van der Waals surface area contributed by atoms with Crippen molar-refractivity contribution < 1.29 is 4.42 Å². The molecule has 6 heteroatoms. The quantitative estimate of drug-likeness (QED) is 0.245. The lowest BCUT2D eigenvalue weighted by molar-refractivity contribution is 0.222. The molecule has 1 N–H and O–H groups in total. The van der Waals surface area contributed by atoms with E-state index in [1.165, 1.54) is 48.4 Å². The van der Waals surface area contributed by atoms with Crippen LogP contribution in [0.15, 0.2) is 83.1 Å². The van der Waals surface area contributed by atoms with Gasteiger partial charge in [-0.1, -0.05) is 30.7 Å². The van der Waals surface area contributed by atoms with Crippen molar-refractivity contribution in [3.8, 4) is 17.2 Å². The average molecular weight is 505 g/mol. The third-order valence-electron chi connectivity index (χ3n) is 7.02. The molecule has 1 aliphatic rings. The fraction of sp³-hybridized carbons (Fsp3) is 0.226. The maximum absolute atomic E-state index is 9.77. The Hall–Kier alpha value is -3.92. The lowest BCUT2D eigenvalue weighted by atomic mass is 10.0. The summed E-state index contributed by atoms with van der Waals surface area (Å²) < 4.78 is 5.17. The number of likely N-dealkylation sites (tertiary alicyclic amines) is 1. The molecule has 37 heavy (non-hydrogen) atoms. The number of thiophene rings is 1. The van der Waals surface area contributed by atoms with Crippen molar-refractivity contribution in [1.29, 1.82) is 5.26 Å². The van der Waals surface area contributed by atoms with Crippen LogP contribution in [0.1, 0.15) is 40.8 Å². The molecule has 1 aliphatic heterocycles. The number of rotatable bonds is 7. The highest BCUT2D eigenvalue weighted by Crippen LogP contribution is 2.34. The number of nitrogens with zero attached hydrogens (tertiary/aromatic N) is 3. The molecule has 0 unspecified atom stereocenters. The lowest BCUT2D eigenvalue weighted by Gasteiger charge is -2.25. The molecule has 1 saturated heterocycles. The van der Waals surface area contributed by atoms with Crippen molar-refractivity contribution in [2.45, 2.75) is 32.2 Å². The smallest absolute Gasteiger partial charge is 0.103 e. The zero-order valence-electron chi connectivity index (χ0n) is 20.6. The molecule has 184 valence electrons. The minimum Gasteiger partial charge on any atom is -0.472 e. The number of aromatic nitrogens is 1. The number of fused-ring (bicyclic) bond motifs is 1. The number of anilines is 2. The van der Waals surface area contributed by atoms with E-state index in [-0.39, 0.29) is 0 Å². The van der Waals surface area contributed by atoms with Gasteiger partial charge in [-0.3, -0.25) is 9.88 Å². The molecule has 4 heterocycles. The minimum absolute atomic E-state index is 0.530. The molecule has 6 rings (SSSR count). The van der Waals surface area contributed by atoms with E-state index in [0.29, 0.717) is 5.56 Å². The molecular weight excluding hydrogens is 476 g/mol. The zero-order chi connectivity index (χ0) is 25.0. The molecule has 0 radical (unpaired) electrons. The molecule has 0 spiro atoms. The van der Waals surface area contributed by atoms with Crippen LogP contribution in [0.25, 0.3) is 22.0 Å². The van der Waals surface area contributed by atoms with Gasteiger partial charge in [0.1, 0.15) is 6.07 Å². The van der Waals surface area contributed by atoms with Crippen LogP contribution in [0.5, 0.6) is 0 Å². The molecule has 0 atom stereocenters. The van der Waals surface area contributed by atoms with Gasteiger partial charge in [0.25, 0.3) is 0 Å². The standard InChI is InChI=1S/C31H28N4OS/c32-17-26-18-33-30-16-24(25-15-28(37-21-25)19-35-11-2-1-3-12-35)6-9-29(30)31(26)34-27-7-4-22(5-8-27)14-23-10-13-36-20-23/h4-10,13,15-16,18,20-21H,1-3,11-12,14,19H2,(H,33,34). The van der Waals surface area contributed by atoms with E-state index in [0.717, 1.165) is 46.4 Å². The fourth-order valence-corrected chi connectivity index (χ4v) is 5.96. The van der Waals surface area contributed by atoms with Crippen LogP contribution < -0.4 is 5.32 Å². The summed E-state index contributed by atoms with van der Waals surface area (Å²) in [5.74, 6) is 0. The topological polar surface area (TPSA) is 65.1 Å². The van der Waals surface area contributed by atoms with Gasteiger partial charge >= 0.3 is 0 Å². The highest BCUT2D eigenvalue weighted by atomic mass is 32.1. The Morgan fingerprint density at radius 1 is 0.973 bits per heavy atom. The predicted octanol–water partition coefficient (Wildman–Crippen LogP) is 7.75. The van der Waals surface area contributed by atoms with Crippen molar-refractivity contribution in [1.82, 2.24) is 9.88 Å². The molecular formula is C31H28N4OS. The maximum Gasteiger partial charge on any atom is 0.103 e. The summed E-state index contributed by atoms with van der Waals surface area (Å²) >= 11 is 1.83. The van der Waals surface area contributed by atoms with Gasteiger partial charge in [0.15, 0.2) is 0 Å². The monoisotopic (exact) mass is 504 g/mol. The van der Waals surface area contributed by atoms with E-state index in [1.54, 1.807) is 18.7 Å². The molecule has 0 saturated carbocycles. The van der Waals surface area contributed by atoms with Gasteiger partial charge in [0.2, 0.25) is 0 Å². The van der Waals surface area contributed by atoms with Crippen molar-refractivity contribution in [2.24, 2.45) is 0 Å². The first-order valence-electron chi connectivity index (χ1n) is 12.8. The highest BCUT2D eigenvalue weighted by Gasteiger charge is 2.14. The van der Waals surface area contributed by atoms with Crippen LogP contribution in [0.4, 0.5) is 11.4 Å². The van der Waals surface area contributed by atoms with Crippen molar-refractivity contribution in [2.75, 3.05) is 18.4 Å². The minimum atomic E-state index is 0.530. The number of nitrogens with one attached hydrogen (secondary N) is 1. The zero-order valence-corrected chi connectivity index (χ0v) is 21.4. The second kappa shape index (κ2) is 10.6. The first kappa shape index (κ1) is 23.5. The molecule has 5 nitrogen and oxygen atoms in total. The summed E-state index contributed by atoms with van der Waals surface area (Å²) in [6.45, 7) is 3.45. The Morgan fingerprint density at radius 2 is 1.84 bits per heavy atom. The maximum atomic E-state index is 9.77.